The highest BCUT2D eigenvalue weighted by Gasteiger charge is 2.31. The van der Waals surface area contributed by atoms with Crippen LogP contribution in [0.25, 0.3) is 0 Å². The highest BCUT2D eigenvalue weighted by atomic mass is 79.9. The number of halogens is 1. The standard InChI is InChI=1S/C15H20BrN/c1-11(16)10-17-14-8-9-15(2,3)13-7-5-4-6-12(13)14/h4-7,14,17H,1,8-10H2,2-3H3. The van der Waals surface area contributed by atoms with E-state index in [4.69, 9.17) is 0 Å². The predicted octanol–water partition coefficient (Wildman–Crippen LogP) is 4.30. The largest absolute Gasteiger partial charge is 0.305 e. The first-order valence-corrected chi connectivity index (χ1v) is 6.96. The van der Waals surface area contributed by atoms with Crippen molar-refractivity contribution in [3.63, 3.8) is 0 Å². The van der Waals surface area contributed by atoms with Gasteiger partial charge in [-0.2, -0.15) is 0 Å². The smallest absolute Gasteiger partial charge is 0.0326 e. The van der Waals surface area contributed by atoms with Gasteiger partial charge in [0.1, 0.15) is 0 Å². The molecule has 0 aromatic heterocycles. The molecule has 1 N–H and O–H groups in total. The van der Waals surface area contributed by atoms with Crippen molar-refractivity contribution in [3.8, 4) is 0 Å². The van der Waals surface area contributed by atoms with Crippen LogP contribution in [0.15, 0.2) is 35.3 Å². The summed E-state index contributed by atoms with van der Waals surface area (Å²) < 4.78 is 1.01. The normalized spacial score (nSPS) is 21.9. The molecule has 0 heterocycles. The van der Waals surface area contributed by atoms with Crippen LogP contribution in [0.5, 0.6) is 0 Å². The van der Waals surface area contributed by atoms with Gasteiger partial charge in [0.05, 0.1) is 0 Å². The molecule has 1 atom stereocenters. The van der Waals surface area contributed by atoms with Crippen LogP contribution in [0.1, 0.15) is 43.9 Å². The zero-order valence-electron chi connectivity index (χ0n) is 10.6. The van der Waals surface area contributed by atoms with Gasteiger partial charge in [-0.25, -0.2) is 0 Å². The highest BCUT2D eigenvalue weighted by Crippen LogP contribution is 2.41. The second-order valence-corrected chi connectivity index (χ2v) is 6.58. The van der Waals surface area contributed by atoms with Gasteiger partial charge in [0.2, 0.25) is 0 Å². The summed E-state index contributed by atoms with van der Waals surface area (Å²) in [6.07, 6.45) is 2.43. The lowest BCUT2D eigenvalue weighted by atomic mass is 9.71. The van der Waals surface area contributed by atoms with Crippen LogP contribution in [0, 0.1) is 0 Å². The molecule has 1 aromatic rings. The van der Waals surface area contributed by atoms with E-state index in [9.17, 15) is 0 Å². The minimum Gasteiger partial charge on any atom is -0.305 e. The summed E-state index contributed by atoms with van der Waals surface area (Å²) in [6, 6.07) is 9.27. The van der Waals surface area contributed by atoms with Crippen LogP contribution in [-0.2, 0) is 5.41 Å². The molecule has 17 heavy (non-hydrogen) atoms. The van der Waals surface area contributed by atoms with E-state index in [0.717, 1.165) is 11.0 Å². The summed E-state index contributed by atoms with van der Waals surface area (Å²) >= 11 is 3.41. The van der Waals surface area contributed by atoms with Crippen LogP contribution in [0.3, 0.4) is 0 Å². The molecule has 0 radical (unpaired) electrons. The first kappa shape index (κ1) is 12.8. The lowest BCUT2D eigenvalue weighted by molar-refractivity contribution is 0.365. The molecule has 0 saturated heterocycles. The number of rotatable bonds is 3. The second-order valence-electron chi connectivity index (χ2n) is 5.46. The first-order chi connectivity index (χ1) is 8.00. The molecule has 1 nitrogen and oxygen atoms in total. The summed E-state index contributed by atoms with van der Waals surface area (Å²) in [5, 5.41) is 3.57. The lowest BCUT2D eigenvalue weighted by Crippen LogP contribution is -2.33. The molecule has 0 spiro atoms. The van der Waals surface area contributed by atoms with Gasteiger partial charge >= 0.3 is 0 Å². The quantitative estimate of drug-likeness (QED) is 0.876. The third-order valence-corrected chi connectivity index (χ3v) is 3.94. The van der Waals surface area contributed by atoms with Gasteiger partial charge in [-0.3, -0.25) is 0 Å². The molecule has 92 valence electrons. The second kappa shape index (κ2) is 4.95. The average molecular weight is 294 g/mol. The zero-order chi connectivity index (χ0) is 12.5. The van der Waals surface area contributed by atoms with E-state index in [-0.39, 0.29) is 0 Å². The summed E-state index contributed by atoms with van der Waals surface area (Å²) in [6.45, 7) is 9.39. The van der Waals surface area contributed by atoms with Crippen molar-refractivity contribution in [1.82, 2.24) is 5.32 Å². The fraction of sp³-hybridized carbons (Fsp3) is 0.467. The molecule has 0 amide bonds. The monoisotopic (exact) mass is 293 g/mol. The zero-order valence-corrected chi connectivity index (χ0v) is 12.2. The third-order valence-electron chi connectivity index (χ3n) is 3.66. The van der Waals surface area contributed by atoms with E-state index in [1.807, 2.05) is 0 Å². The van der Waals surface area contributed by atoms with Gasteiger partial charge < -0.3 is 5.32 Å². The number of benzene rings is 1. The Balaban J connectivity index is 2.25. The maximum atomic E-state index is 3.88. The van der Waals surface area contributed by atoms with Crippen molar-refractivity contribution < 1.29 is 0 Å². The molecule has 0 aliphatic heterocycles. The summed E-state index contributed by atoms with van der Waals surface area (Å²) in [7, 11) is 0. The van der Waals surface area contributed by atoms with Crippen LogP contribution >= 0.6 is 15.9 Å². The number of hydrogen-bond donors (Lipinski definition) is 1. The Morgan fingerprint density at radius 2 is 2.18 bits per heavy atom. The van der Waals surface area contributed by atoms with E-state index < -0.39 is 0 Å². The maximum absolute atomic E-state index is 3.88. The number of hydrogen-bond acceptors (Lipinski definition) is 1. The Bertz CT molecular complexity index is 423. The Morgan fingerprint density at radius 3 is 2.88 bits per heavy atom. The molecule has 0 saturated carbocycles. The topological polar surface area (TPSA) is 12.0 Å². The van der Waals surface area contributed by atoms with Crippen LogP contribution in [0.4, 0.5) is 0 Å². The summed E-state index contributed by atoms with van der Waals surface area (Å²) in [5.41, 5.74) is 3.25. The molecule has 1 aromatic carbocycles. The Labute approximate surface area is 112 Å². The van der Waals surface area contributed by atoms with Crippen molar-refractivity contribution >= 4 is 15.9 Å². The highest BCUT2D eigenvalue weighted by molar-refractivity contribution is 9.11. The lowest BCUT2D eigenvalue weighted by Gasteiger charge is -2.37. The van der Waals surface area contributed by atoms with E-state index in [1.54, 1.807) is 0 Å². The molecule has 2 rings (SSSR count). The number of nitrogens with one attached hydrogen (secondary N) is 1. The minimum atomic E-state index is 0.306. The van der Waals surface area contributed by atoms with E-state index in [2.05, 4.69) is 65.9 Å². The van der Waals surface area contributed by atoms with Crippen LogP contribution < -0.4 is 5.32 Å². The van der Waals surface area contributed by atoms with Crippen molar-refractivity contribution in [3.05, 3.63) is 46.5 Å². The van der Waals surface area contributed by atoms with Gasteiger partial charge in [-0.05, 0) is 29.4 Å². The fourth-order valence-electron chi connectivity index (χ4n) is 2.66. The van der Waals surface area contributed by atoms with E-state index >= 15 is 0 Å². The molecular formula is C15H20BrN. The summed E-state index contributed by atoms with van der Waals surface area (Å²) in [5.74, 6) is 0. The van der Waals surface area contributed by atoms with E-state index in [0.29, 0.717) is 11.5 Å². The van der Waals surface area contributed by atoms with Gasteiger partial charge in [0, 0.05) is 17.1 Å². The molecular weight excluding hydrogens is 274 g/mol. The van der Waals surface area contributed by atoms with Crippen LogP contribution in [-0.4, -0.2) is 6.54 Å². The number of fused-ring (bicyclic) bond motifs is 1. The van der Waals surface area contributed by atoms with Crippen molar-refractivity contribution in [2.75, 3.05) is 6.54 Å². The van der Waals surface area contributed by atoms with Crippen molar-refractivity contribution in [1.29, 1.82) is 0 Å². The first-order valence-electron chi connectivity index (χ1n) is 6.17. The molecule has 2 heteroatoms. The molecule has 1 aliphatic rings. The van der Waals surface area contributed by atoms with Gasteiger partial charge in [-0.15, -0.1) is 0 Å². The van der Waals surface area contributed by atoms with Crippen molar-refractivity contribution in [2.24, 2.45) is 0 Å². The maximum Gasteiger partial charge on any atom is 0.0326 e. The van der Waals surface area contributed by atoms with Gasteiger partial charge in [-0.1, -0.05) is 60.6 Å². The van der Waals surface area contributed by atoms with Gasteiger partial charge in [0.25, 0.3) is 0 Å². The van der Waals surface area contributed by atoms with Crippen LogP contribution in [0.2, 0.25) is 0 Å². The Morgan fingerprint density at radius 1 is 1.47 bits per heavy atom. The van der Waals surface area contributed by atoms with E-state index in [1.165, 1.54) is 24.0 Å². The SMILES string of the molecule is C=C(Br)CNC1CCC(C)(C)c2ccccc21. The minimum absolute atomic E-state index is 0.306. The predicted molar refractivity (Wildman–Crippen MR) is 77.5 cm³/mol. The molecule has 1 unspecified atom stereocenters. The molecule has 0 fully saturated rings. The molecule has 0 bridgehead atoms. The van der Waals surface area contributed by atoms with Gasteiger partial charge in [0.15, 0.2) is 0 Å². The summed E-state index contributed by atoms with van der Waals surface area (Å²) in [4.78, 5) is 0. The Kier molecular flexibility index (Phi) is 3.74. The average Bonchev–Trinajstić information content (AvgIpc) is 2.28. The third kappa shape index (κ3) is 2.80. The molecule has 1 aliphatic carbocycles. The van der Waals surface area contributed by atoms with Crippen molar-refractivity contribution in [2.45, 2.75) is 38.1 Å². The Hall–Kier alpha value is -0.600. The fourth-order valence-corrected chi connectivity index (χ4v) is 2.82.